The maximum atomic E-state index is 12.3. The van der Waals surface area contributed by atoms with Crippen LogP contribution in [-0.4, -0.2) is 39.4 Å². The molecule has 0 spiro atoms. The van der Waals surface area contributed by atoms with Gasteiger partial charge in [-0.25, -0.2) is 13.1 Å². The molecular weight excluding hydrogens is 306 g/mol. The first-order valence-corrected chi connectivity index (χ1v) is 8.76. The topological polar surface area (TPSA) is 84.9 Å². The SMILES string of the molecule is CC(C)(C)C(O)CCNS(=O)(=O)c1ccc2c(c1)OCCO2. The largest absolute Gasteiger partial charge is 0.486 e. The van der Waals surface area contributed by atoms with Crippen molar-refractivity contribution in [2.45, 2.75) is 38.2 Å². The molecule has 1 aromatic carbocycles. The van der Waals surface area contributed by atoms with Crippen LogP contribution in [0.1, 0.15) is 27.2 Å². The van der Waals surface area contributed by atoms with Crippen molar-refractivity contribution in [3.8, 4) is 11.5 Å². The van der Waals surface area contributed by atoms with E-state index in [2.05, 4.69) is 4.72 Å². The highest BCUT2D eigenvalue weighted by Gasteiger charge is 2.23. The van der Waals surface area contributed by atoms with Crippen LogP contribution in [0.2, 0.25) is 0 Å². The van der Waals surface area contributed by atoms with Crippen molar-refractivity contribution in [3.05, 3.63) is 18.2 Å². The molecule has 7 heteroatoms. The monoisotopic (exact) mass is 329 g/mol. The number of nitrogens with one attached hydrogen (secondary N) is 1. The summed E-state index contributed by atoms with van der Waals surface area (Å²) in [5.74, 6) is 0.984. The average molecular weight is 329 g/mol. The van der Waals surface area contributed by atoms with Crippen LogP contribution >= 0.6 is 0 Å². The zero-order chi connectivity index (χ0) is 16.4. The first-order valence-electron chi connectivity index (χ1n) is 7.27. The standard InChI is InChI=1S/C15H23NO5S/c1-15(2,3)14(17)6-7-16-22(18,19)11-4-5-12-13(10-11)21-9-8-20-12/h4-5,10,14,16-17H,6-9H2,1-3H3. The number of sulfonamides is 1. The zero-order valence-corrected chi connectivity index (χ0v) is 13.9. The van der Waals surface area contributed by atoms with Crippen LogP contribution < -0.4 is 14.2 Å². The molecule has 0 fully saturated rings. The molecule has 0 aliphatic carbocycles. The summed E-state index contributed by atoms with van der Waals surface area (Å²) in [7, 11) is -3.63. The van der Waals surface area contributed by atoms with Gasteiger partial charge in [0.15, 0.2) is 11.5 Å². The van der Waals surface area contributed by atoms with Gasteiger partial charge in [-0.05, 0) is 24.0 Å². The fourth-order valence-electron chi connectivity index (χ4n) is 2.04. The predicted molar refractivity (Wildman–Crippen MR) is 82.7 cm³/mol. The van der Waals surface area contributed by atoms with Gasteiger partial charge in [-0.2, -0.15) is 0 Å². The molecule has 0 radical (unpaired) electrons. The lowest BCUT2D eigenvalue weighted by atomic mass is 9.87. The predicted octanol–water partition coefficient (Wildman–Crippen LogP) is 1.53. The Morgan fingerprint density at radius 2 is 1.86 bits per heavy atom. The van der Waals surface area contributed by atoms with Crippen molar-refractivity contribution in [3.63, 3.8) is 0 Å². The van der Waals surface area contributed by atoms with Crippen LogP contribution in [0.15, 0.2) is 23.1 Å². The maximum absolute atomic E-state index is 12.3. The molecule has 1 aliphatic rings. The summed E-state index contributed by atoms with van der Waals surface area (Å²) in [6, 6.07) is 4.53. The molecule has 124 valence electrons. The van der Waals surface area contributed by atoms with Crippen molar-refractivity contribution < 1.29 is 23.0 Å². The molecule has 0 saturated carbocycles. The normalized spacial score (nSPS) is 16.4. The Morgan fingerprint density at radius 3 is 2.50 bits per heavy atom. The molecule has 1 aromatic rings. The van der Waals surface area contributed by atoms with E-state index in [0.29, 0.717) is 31.1 Å². The fourth-order valence-corrected chi connectivity index (χ4v) is 3.10. The Balaban J connectivity index is 2.01. The summed E-state index contributed by atoms with van der Waals surface area (Å²) >= 11 is 0. The Bertz CT molecular complexity index is 621. The van der Waals surface area contributed by atoms with Gasteiger partial charge in [-0.3, -0.25) is 0 Å². The fraction of sp³-hybridized carbons (Fsp3) is 0.600. The number of rotatable bonds is 5. The van der Waals surface area contributed by atoms with Gasteiger partial charge in [0, 0.05) is 12.6 Å². The molecule has 0 aromatic heterocycles. The number of aliphatic hydroxyl groups is 1. The molecule has 0 saturated heterocycles. The summed E-state index contributed by atoms with van der Waals surface area (Å²) in [5, 5.41) is 9.94. The van der Waals surface area contributed by atoms with Crippen LogP contribution in [0.3, 0.4) is 0 Å². The van der Waals surface area contributed by atoms with E-state index in [1.165, 1.54) is 12.1 Å². The molecule has 2 rings (SSSR count). The number of fused-ring (bicyclic) bond motifs is 1. The third kappa shape index (κ3) is 4.12. The molecular formula is C15H23NO5S. The van der Waals surface area contributed by atoms with E-state index in [9.17, 15) is 13.5 Å². The van der Waals surface area contributed by atoms with Crippen molar-refractivity contribution >= 4 is 10.0 Å². The molecule has 0 amide bonds. The summed E-state index contributed by atoms with van der Waals surface area (Å²) in [6.07, 6.45) is -0.219. The van der Waals surface area contributed by atoms with Crippen molar-refractivity contribution in [1.82, 2.24) is 4.72 Å². The quantitative estimate of drug-likeness (QED) is 0.856. The zero-order valence-electron chi connectivity index (χ0n) is 13.1. The summed E-state index contributed by atoms with van der Waals surface area (Å²) in [4.78, 5) is 0.127. The number of benzene rings is 1. The first-order chi connectivity index (χ1) is 10.2. The average Bonchev–Trinajstić information content (AvgIpc) is 2.45. The van der Waals surface area contributed by atoms with E-state index in [1.807, 2.05) is 20.8 Å². The lowest BCUT2D eigenvalue weighted by Crippen LogP contribution is -2.32. The van der Waals surface area contributed by atoms with Crippen LogP contribution in [0.4, 0.5) is 0 Å². The van der Waals surface area contributed by atoms with Gasteiger partial charge in [0.2, 0.25) is 10.0 Å². The minimum atomic E-state index is -3.63. The molecule has 1 unspecified atom stereocenters. The molecule has 6 nitrogen and oxygen atoms in total. The van der Waals surface area contributed by atoms with Crippen molar-refractivity contribution in [1.29, 1.82) is 0 Å². The highest BCUT2D eigenvalue weighted by atomic mass is 32.2. The highest BCUT2D eigenvalue weighted by Crippen LogP contribution is 2.32. The lowest BCUT2D eigenvalue weighted by molar-refractivity contribution is 0.0571. The van der Waals surface area contributed by atoms with Gasteiger partial charge < -0.3 is 14.6 Å². The Hall–Kier alpha value is -1.31. The second kappa shape index (κ2) is 6.44. The van der Waals surface area contributed by atoms with Crippen molar-refractivity contribution in [2.75, 3.05) is 19.8 Å². The van der Waals surface area contributed by atoms with Gasteiger partial charge in [0.25, 0.3) is 0 Å². The first kappa shape index (κ1) is 17.1. The lowest BCUT2D eigenvalue weighted by Gasteiger charge is -2.25. The molecule has 22 heavy (non-hydrogen) atoms. The van der Waals surface area contributed by atoms with E-state index in [1.54, 1.807) is 6.07 Å². The van der Waals surface area contributed by atoms with E-state index >= 15 is 0 Å². The number of hydrogen-bond donors (Lipinski definition) is 2. The molecule has 1 aliphatic heterocycles. The van der Waals surface area contributed by atoms with Gasteiger partial charge in [0.1, 0.15) is 13.2 Å². The summed E-state index contributed by atoms with van der Waals surface area (Å²) in [6.45, 7) is 6.77. The van der Waals surface area contributed by atoms with Gasteiger partial charge in [-0.1, -0.05) is 20.8 Å². The number of aliphatic hydroxyl groups excluding tert-OH is 1. The van der Waals surface area contributed by atoms with Gasteiger partial charge >= 0.3 is 0 Å². The smallest absolute Gasteiger partial charge is 0.240 e. The Morgan fingerprint density at radius 1 is 1.23 bits per heavy atom. The van der Waals surface area contributed by atoms with E-state index in [0.717, 1.165) is 0 Å². The Kier molecular flexibility index (Phi) is 4.99. The molecule has 2 N–H and O–H groups in total. The molecule has 1 atom stereocenters. The minimum Gasteiger partial charge on any atom is -0.486 e. The van der Waals surface area contributed by atoms with E-state index in [-0.39, 0.29) is 16.9 Å². The van der Waals surface area contributed by atoms with Gasteiger partial charge in [-0.15, -0.1) is 0 Å². The highest BCUT2D eigenvalue weighted by molar-refractivity contribution is 7.89. The van der Waals surface area contributed by atoms with E-state index in [4.69, 9.17) is 9.47 Å². The minimum absolute atomic E-state index is 0.127. The van der Waals surface area contributed by atoms with Crippen molar-refractivity contribution in [2.24, 2.45) is 5.41 Å². The second-order valence-corrected chi connectivity index (χ2v) is 8.14. The molecule has 1 heterocycles. The van der Waals surface area contributed by atoms with Crippen LogP contribution in [0, 0.1) is 5.41 Å². The Labute approximate surface area is 131 Å². The van der Waals surface area contributed by atoms with Crippen LogP contribution in [0.25, 0.3) is 0 Å². The number of ether oxygens (including phenoxy) is 2. The maximum Gasteiger partial charge on any atom is 0.240 e. The third-order valence-electron chi connectivity index (χ3n) is 3.53. The summed E-state index contributed by atoms with van der Waals surface area (Å²) in [5.41, 5.74) is -0.275. The van der Waals surface area contributed by atoms with Crippen LogP contribution in [0.5, 0.6) is 11.5 Å². The van der Waals surface area contributed by atoms with E-state index < -0.39 is 16.1 Å². The third-order valence-corrected chi connectivity index (χ3v) is 4.99. The number of hydrogen-bond acceptors (Lipinski definition) is 5. The molecule has 0 bridgehead atoms. The summed E-state index contributed by atoms with van der Waals surface area (Å²) < 4.78 is 37.8. The van der Waals surface area contributed by atoms with Gasteiger partial charge in [0.05, 0.1) is 11.0 Å². The second-order valence-electron chi connectivity index (χ2n) is 6.37. The van der Waals surface area contributed by atoms with Crippen LogP contribution in [-0.2, 0) is 10.0 Å².